The molecule has 0 radical (unpaired) electrons. The largest absolute Gasteiger partial charge is 0.465 e. The van der Waals surface area contributed by atoms with E-state index in [9.17, 15) is 13.6 Å². The van der Waals surface area contributed by atoms with Gasteiger partial charge >= 0.3 is 12.6 Å². The Bertz CT molecular complexity index is 497. The number of aliphatic hydroxyl groups excluding tert-OH is 1. The van der Waals surface area contributed by atoms with E-state index in [0.29, 0.717) is 0 Å². The van der Waals surface area contributed by atoms with Crippen molar-refractivity contribution in [3.63, 3.8) is 0 Å². The number of aliphatic hydroxyl groups is 1. The summed E-state index contributed by atoms with van der Waals surface area (Å²) in [6.07, 6.45) is 0. The maximum atomic E-state index is 12.1. The van der Waals surface area contributed by atoms with Crippen molar-refractivity contribution >= 4 is 5.97 Å². The van der Waals surface area contributed by atoms with Gasteiger partial charge in [0.25, 0.3) is 0 Å². The number of benzene rings is 1. The van der Waals surface area contributed by atoms with Gasteiger partial charge in [0.1, 0.15) is 11.8 Å². The number of ether oxygens (including phenoxy) is 2. The van der Waals surface area contributed by atoms with Gasteiger partial charge in [-0.1, -0.05) is 0 Å². The fraction of sp³-hybridized carbons (Fsp3) is 0.273. The molecule has 5 nitrogen and oxygen atoms in total. The zero-order valence-corrected chi connectivity index (χ0v) is 9.31. The van der Waals surface area contributed by atoms with Crippen LogP contribution < -0.4 is 4.74 Å². The first kappa shape index (κ1) is 13.9. The van der Waals surface area contributed by atoms with Crippen LogP contribution in [0.2, 0.25) is 0 Å². The lowest BCUT2D eigenvalue weighted by Crippen LogP contribution is -2.09. The fourth-order valence-corrected chi connectivity index (χ4v) is 1.33. The Hall–Kier alpha value is -2.20. The standard InChI is InChI=1S/C11H9F2NO4/c1-17-10(16)8-2-6(4-14)9(18-11(12)13)3-7(8)5-15/h2-3,11,15H,5H2,1H3. The predicted octanol–water partition coefficient (Wildman–Crippen LogP) is 1.44. The molecule has 0 aliphatic heterocycles. The molecule has 0 bridgehead atoms. The van der Waals surface area contributed by atoms with Crippen LogP contribution in [0.5, 0.6) is 5.75 Å². The van der Waals surface area contributed by atoms with E-state index in [1.54, 1.807) is 6.07 Å². The molecule has 0 unspecified atom stereocenters. The summed E-state index contributed by atoms with van der Waals surface area (Å²) in [6, 6.07) is 3.67. The molecule has 0 saturated heterocycles. The van der Waals surface area contributed by atoms with Crippen LogP contribution in [0.25, 0.3) is 0 Å². The van der Waals surface area contributed by atoms with Crippen LogP contribution >= 0.6 is 0 Å². The Kier molecular flexibility index (Phi) is 4.57. The van der Waals surface area contributed by atoms with Gasteiger partial charge < -0.3 is 14.6 Å². The maximum Gasteiger partial charge on any atom is 0.387 e. The van der Waals surface area contributed by atoms with Gasteiger partial charge in [-0.05, 0) is 17.7 Å². The zero-order chi connectivity index (χ0) is 13.7. The number of methoxy groups -OCH3 is 1. The van der Waals surface area contributed by atoms with Crippen molar-refractivity contribution < 1.29 is 28.2 Å². The van der Waals surface area contributed by atoms with Crippen molar-refractivity contribution in [1.82, 2.24) is 0 Å². The number of carbonyl (C=O) groups excluding carboxylic acids is 1. The van der Waals surface area contributed by atoms with E-state index in [2.05, 4.69) is 9.47 Å². The highest BCUT2D eigenvalue weighted by molar-refractivity contribution is 5.91. The third-order valence-corrected chi connectivity index (χ3v) is 2.12. The van der Waals surface area contributed by atoms with Crippen LogP contribution in [0, 0.1) is 11.3 Å². The van der Waals surface area contributed by atoms with Crippen molar-refractivity contribution in [2.75, 3.05) is 7.11 Å². The number of rotatable bonds is 4. The lowest BCUT2D eigenvalue weighted by atomic mass is 10.0. The Morgan fingerprint density at radius 3 is 2.67 bits per heavy atom. The van der Waals surface area contributed by atoms with E-state index < -0.39 is 24.9 Å². The highest BCUT2D eigenvalue weighted by Gasteiger charge is 2.18. The summed E-state index contributed by atoms with van der Waals surface area (Å²) >= 11 is 0. The number of nitrogens with zero attached hydrogens (tertiary/aromatic N) is 1. The van der Waals surface area contributed by atoms with Crippen LogP contribution in [-0.4, -0.2) is 24.8 Å². The molecular formula is C11H9F2NO4. The van der Waals surface area contributed by atoms with Gasteiger partial charge in [0.05, 0.1) is 24.8 Å². The zero-order valence-electron chi connectivity index (χ0n) is 9.31. The van der Waals surface area contributed by atoms with Crippen molar-refractivity contribution in [1.29, 1.82) is 5.26 Å². The van der Waals surface area contributed by atoms with Crippen LogP contribution in [0.15, 0.2) is 12.1 Å². The van der Waals surface area contributed by atoms with Crippen LogP contribution in [0.1, 0.15) is 21.5 Å². The highest BCUT2D eigenvalue weighted by Crippen LogP contribution is 2.25. The Balaban J connectivity index is 3.33. The monoisotopic (exact) mass is 257 g/mol. The molecule has 0 aromatic heterocycles. The third kappa shape index (κ3) is 2.93. The summed E-state index contributed by atoms with van der Waals surface area (Å²) in [7, 11) is 1.12. The first-order valence-corrected chi connectivity index (χ1v) is 4.74. The van der Waals surface area contributed by atoms with Crippen molar-refractivity contribution in [2.45, 2.75) is 13.2 Å². The molecule has 1 aromatic carbocycles. The van der Waals surface area contributed by atoms with Gasteiger partial charge in [-0.25, -0.2) is 4.79 Å². The molecule has 1 N–H and O–H groups in total. The topological polar surface area (TPSA) is 79.6 Å². The number of carbonyl (C=O) groups is 1. The van der Waals surface area contributed by atoms with Gasteiger partial charge in [-0.15, -0.1) is 0 Å². The summed E-state index contributed by atoms with van der Waals surface area (Å²) in [5, 5.41) is 17.8. The first-order chi connectivity index (χ1) is 8.53. The molecule has 7 heteroatoms. The maximum absolute atomic E-state index is 12.1. The molecule has 18 heavy (non-hydrogen) atoms. The highest BCUT2D eigenvalue weighted by atomic mass is 19.3. The predicted molar refractivity (Wildman–Crippen MR) is 55.1 cm³/mol. The minimum atomic E-state index is -3.10. The average Bonchev–Trinajstić information content (AvgIpc) is 2.36. The number of nitriles is 1. The molecule has 0 amide bonds. The van der Waals surface area contributed by atoms with Crippen LogP contribution in [0.4, 0.5) is 8.78 Å². The third-order valence-electron chi connectivity index (χ3n) is 2.12. The second-order valence-electron chi connectivity index (χ2n) is 3.15. The molecule has 1 rings (SSSR count). The van der Waals surface area contributed by atoms with Gasteiger partial charge in [-0.3, -0.25) is 0 Å². The summed E-state index contributed by atoms with van der Waals surface area (Å²) in [5.41, 5.74) is -0.275. The second-order valence-corrected chi connectivity index (χ2v) is 3.15. The van der Waals surface area contributed by atoms with Gasteiger partial charge in [-0.2, -0.15) is 14.0 Å². The fourth-order valence-electron chi connectivity index (χ4n) is 1.33. The number of alkyl halides is 2. The smallest absolute Gasteiger partial charge is 0.387 e. The van der Waals surface area contributed by atoms with E-state index in [1.807, 2.05) is 0 Å². The number of esters is 1. The normalized spacial score (nSPS) is 10.0. The van der Waals surface area contributed by atoms with E-state index >= 15 is 0 Å². The quantitative estimate of drug-likeness (QED) is 0.825. The molecule has 0 heterocycles. The Labute approximate surface area is 101 Å². The molecule has 0 fully saturated rings. The van der Waals surface area contributed by atoms with Crippen molar-refractivity contribution in [3.8, 4) is 11.8 Å². The molecule has 1 aromatic rings. The molecule has 0 spiro atoms. The summed E-state index contributed by atoms with van der Waals surface area (Å²) in [4.78, 5) is 11.4. The minimum Gasteiger partial charge on any atom is -0.465 e. The molecule has 0 atom stereocenters. The van der Waals surface area contributed by atoms with Crippen molar-refractivity contribution in [2.24, 2.45) is 0 Å². The lowest BCUT2D eigenvalue weighted by Gasteiger charge is -2.11. The number of hydrogen-bond acceptors (Lipinski definition) is 5. The van der Waals surface area contributed by atoms with E-state index in [0.717, 1.165) is 19.2 Å². The summed E-state index contributed by atoms with van der Waals surface area (Å²) in [6.45, 7) is -3.68. The lowest BCUT2D eigenvalue weighted by molar-refractivity contribution is -0.0501. The molecule has 96 valence electrons. The summed E-state index contributed by atoms with van der Waals surface area (Å²) in [5.74, 6) is -1.18. The van der Waals surface area contributed by atoms with Gasteiger partial charge in [0.2, 0.25) is 0 Å². The average molecular weight is 257 g/mol. The van der Waals surface area contributed by atoms with Gasteiger partial charge in [0, 0.05) is 0 Å². The van der Waals surface area contributed by atoms with E-state index in [-0.39, 0.29) is 16.7 Å². The Morgan fingerprint density at radius 2 is 2.22 bits per heavy atom. The van der Waals surface area contributed by atoms with Crippen molar-refractivity contribution in [3.05, 3.63) is 28.8 Å². The molecule has 0 aliphatic carbocycles. The molecule has 0 aliphatic rings. The first-order valence-electron chi connectivity index (χ1n) is 4.74. The number of halogens is 2. The summed E-state index contributed by atoms with van der Waals surface area (Å²) < 4.78 is 32.8. The minimum absolute atomic E-state index is 0.0384. The van der Waals surface area contributed by atoms with E-state index in [1.165, 1.54) is 0 Å². The molecular weight excluding hydrogens is 248 g/mol. The van der Waals surface area contributed by atoms with E-state index in [4.69, 9.17) is 10.4 Å². The Morgan fingerprint density at radius 1 is 1.56 bits per heavy atom. The second kappa shape index (κ2) is 5.93. The van der Waals surface area contributed by atoms with Crippen LogP contribution in [-0.2, 0) is 11.3 Å². The van der Waals surface area contributed by atoms with Crippen LogP contribution in [0.3, 0.4) is 0 Å². The number of hydrogen-bond donors (Lipinski definition) is 1. The van der Waals surface area contributed by atoms with Gasteiger partial charge in [0.15, 0.2) is 0 Å². The molecule has 0 saturated carbocycles. The SMILES string of the molecule is COC(=O)c1cc(C#N)c(OC(F)F)cc1CO.